The predicted octanol–water partition coefficient (Wildman–Crippen LogP) is 5.88. The number of hydrogen-bond donors (Lipinski definition) is 2. The molecule has 2 heterocycles. The maximum atomic E-state index is 13.9. The average molecular weight is 550 g/mol. The fraction of sp³-hybridized carbons (Fsp3) is 0.407. The second-order valence-corrected chi connectivity index (χ2v) is 10.8. The van der Waals surface area contributed by atoms with Crippen molar-refractivity contribution in [3.63, 3.8) is 0 Å². The van der Waals surface area contributed by atoms with Gasteiger partial charge in [-0.05, 0) is 81.1 Å². The van der Waals surface area contributed by atoms with Crippen molar-refractivity contribution in [3.05, 3.63) is 64.8 Å². The van der Waals surface area contributed by atoms with Gasteiger partial charge in [-0.1, -0.05) is 17.7 Å². The number of nitrogens with one attached hydrogen (secondary N) is 1. The first-order valence-electron chi connectivity index (χ1n) is 12.2. The summed E-state index contributed by atoms with van der Waals surface area (Å²) in [7, 11) is 1.61. The molecule has 1 saturated heterocycles. The van der Waals surface area contributed by atoms with Gasteiger partial charge in [-0.3, -0.25) is 15.0 Å². The van der Waals surface area contributed by atoms with E-state index in [2.05, 4.69) is 9.88 Å². The molecule has 10 heteroatoms. The van der Waals surface area contributed by atoms with E-state index in [1.165, 1.54) is 17.8 Å². The summed E-state index contributed by atoms with van der Waals surface area (Å²) in [5.74, 6) is -0.694. The highest BCUT2D eigenvalue weighted by Gasteiger charge is 2.40. The van der Waals surface area contributed by atoms with Crippen LogP contribution in [-0.4, -0.2) is 53.5 Å². The van der Waals surface area contributed by atoms with Gasteiger partial charge in [0.2, 0.25) is 5.91 Å². The molecule has 1 aliphatic heterocycles. The van der Waals surface area contributed by atoms with Crippen LogP contribution in [0.1, 0.15) is 31.2 Å². The normalized spacial score (nSPS) is 15.6. The molecular weight excluding hydrogens is 520 g/mol. The van der Waals surface area contributed by atoms with Crippen molar-refractivity contribution in [2.24, 2.45) is 5.41 Å². The van der Waals surface area contributed by atoms with Gasteiger partial charge in [0, 0.05) is 28.8 Å². The first-order chi connectivity index (χ1) is 17.9. The molecule has 0 bridgehead atoms. The van der Waals surface area contributed by atoms with E-state index in [4.69, 9.17) is 16.3 Å². The van der Waals surface area contributed by atoms with Crippen LogP contribution >= 0.6 is 23.4 Å². The van der Waals surface area contributed by atoms with Crippen LogP contribution in [0.25, 0.3) is 10.9 Å². The van der Waals surface area contributed by atoms with Crippen molar-refractivity contribution in [3.8, 4) is 5.75 Å². The lowest BCUT2D eigenvalue weighted by molar-refractivity contribution is -0.143. The van der Waals surface area contributed by atoms with E-state index in [9.17, 15) is 18.8 Å². The molecule has 2 aromatic carbocycles. The smallest absolute Gasteiger partial charge is 0.249 e. The highest BCUT2D eigenvalue weighted by atomic mass is 35.5. The summed E-state index contributed by atoms with van der Waals surface area (Å²) in [6, 6.07) is 9.86. The molecule has 0 spiro atoms. The monoisotopic (exact) mass is 549 g/mol. The Balaban J connectivity index is 1.36. The predicted molar refractivity (Wildman–Crippen MR) is 141 cm³/mol. The van der Waals surface area contributed by atoms with Crippen LogP contribution < -0.4 is 10.2 Å². The Labute approximate surface area is 224 Å². The van der Waals surface area contributed by atoms with Gasteiger partial charge in [0.1, 0.15) is 5.75 Å². The number of aryl methyl sites for hydroxylation is 1. The molecule has 1 aromatic heterocycles. The first-order valence-corrected chi connectivity index (χ1v) is 13.6. The molecule has 0 aliphatic carbocycles. The van der Waals surface area contributed by atoms with E-state index in [0.717, 1.165) is 28.3 Å². The number of methoxy groups -OCH3 is 1. The van der Waals surface area contributed by atoms with Crippen LogP contribution in [0.2, 0.25) is 5.02 Å². The molecule has 4 rings (SSSR count). The van der Waals surface area contributed by atoms with Crippen molar-refractivity contribution in [2.75, 3.05) is 32.5 Å². The Hall–Kier alpha value is -2.46. The van der Waals surface area contributed by atoms with Crippen LogP contribution in [0.4, 0.5) is 8.78 Å². The van der Waals surface area contributed by atoms with Crippen LogP contribution in [0, 0.1) is 17.0 Å². The fourth-order valence-electron chi connectivity index (χ4n) is 4.98. The van der Waals surface area contributed by atoms with Crippen LogP contribution in [-0.2, 0) is 11.2 Å². The standard InChI is InChI=1S/C27H30ClF2N3O3S/c1-36-18-7-8-23-20(16-18)19(21(28)17-31-23)4-3-9-27(26(34)32-35)10-12-33(13-11-27)14-15-37-24-6-2-5-22(29)25(24)30/h2,5-8,16-17,35H,3-4,9-15H2,1H3,(H,32,34). The Morgan fingerprint density at radius 3 is 2.78 bits per heavy atom. The highest BCUT2D eigenvalue weighted by molar-refractivity contribution is 7.99. The number of nitrogens with zero attached hydrogens (tertiary/aromatic N) is 2. The lowest BCUT2D eigenvalue weighted by Crippen LogP contribution is -2.48. The minimum atomic E-state index is -0.844. The molecule has 6 nitrogen and oxygen atoms in total. The van der Waals surface area contributed by atoms with Crippen molar-refractivity contribution >= 4 is 40.2 Å². The third kappa shape index (κ3) is 6.34. The number of piperidine rings is 1. The van der Waals surface area contributed by atoms with Gasteiger partial charge in [0.05, 0.1) is 23.1 Å². The molecule has 2 N–H and O–H groups in total. The summed E-state index contributed by atoms with van der Waals surface area (Å²) in [6.07, 6.45) is 4.80. The van der Waals surface area contributed by atoms with Crippen molar-refractivity contribution in [1.82, 2.24) is 15.4 Å². The van der Waals surface area contributed by atoms with Gasteiger partial charge in [-0.15, -0.1) is 11.8 Å². The van der Waals surface area contributed by atoms with Crippen LogP contribution in [0.15, 0.2) is 47.5 Å². The second kappa shape index (κ2) is 12.4. The number of rotatable bonds is 10. The van der Waals surface area contributed by atoms with Gasteiger partial charge in [0.15, 0.2) is 11.6 Å². The zero-order valence-corrected chi connectivity index (χ0v) is 22.2. The van der Waals surface area contributed by atoms with Gasteiger partial charge < -0.3 is 9.64 Å². The van der Waals surface area contributed by atoms with Crippen molar-refractivity contribution in [1.29, 1.82) is 0 Å². The van der Waals surface area contributed by atoms with E-state index in [1.54, 1.807) is 19.4 Å². The molecule has 3 aromatic rings. The number of carbonyl (C=O) groups is 1. The minimum absolute atomic E-state index is 0.297. The van der Waals surface area contributed by atoms with Gasteiger partial charge in [0.25, 0.3) is 0 Å². The molecule has 0 unspecified atom stereocenters. The number of likely N-dealkylation sites (tertiary alicyclic amines) is 1. The maximum Gasteiger partial charge on any atom is 0.249 e. The number of hydroxylamine groups is 1. The number of pyridine rings is 1. The second-order valence-electron chi connectivity index (χ2n) is 9.28. The number of hydrogen-bond acceptors (Lipinski definition) is 6. The summed E-state index contributed by atoms with van der Waals surface area (Å²) in [6.45, 7) is 2.05. The molecule has 0 radical (unpaired) electrons. The van der Waals surface area contributed by atoms with E-state index in [-0.39, 0.29) is 5.91 Å². The lowest BCUT2D eigenvalue weighted by atomic mass is 9.73. The number of thioether (sulfide) groups is 1. The maximum absolute atomic E-state index is 13.9. The summed E-state index contributed by atoms with van der Waals surface area (Å²) in [5, 5.41) is 11.0. The van der Waals surface area contributed by atoms with E-state index in [1.807, 2.05) is 23.7 Å². The Morgan fingerprint density at radius 2 is 2.05 bits per heavy atom. The summed E-state index contributed by atoms with van der Waals surface area (Å²) < 4.78 is 32.7. The van der Waals surface area contributed by atoms with Crippen LogP contribution in [0.3, 0.4) is 0 Å². The Morgan fingerprint density at radius 1 is 1.27 bits per heavy atom. The summed E-state index contributed by atoms with van der Waals surface area (Å²) in [5.41, 5.74) is 2.99. The number of aromatic nitrogens is 1. The van der Waals surface area contributed by atoms with Gasteiger partial charge in [-0.2, -0.15) is 0 Å². The molecule has 198 valence electrons. The molecule has 1 aliphatic rings. The topological polar surface area (TPSA) is 74.7 Å². The average Bonchev–Trinajstić information content (AvgIpc) is 2.92. The number of carbonyl (C=O) groups excluding carboxylic acids is 1. The molecule has 37 heavy (non-hydrogen) atoms. The van der Waals surface area contributed by atoms with Crippen molar-refractivity contribution in [2.45, 2.75) is 37.0 Å². The Kier molecular flexibility index (Phi) is 9.23. The molecular formula is C27H30ClF2N3O3S. The minimum Gasteiger partial charge on any atom is -0.497 e. The zero-order valence-electron chi connectivity index (χ0n) is 20.6. The first kappa shape index (κ1) is 27.6. The molecule has 0 atom stereocenters. The highest BCUT2D eigenvalue weighted by Crippen LogP contribution is 2.38. The number of fused-ring (bicyclic) bond motifs is 1. The summed E-state index contributed by atoms with van der Waals surface area (Å²) in [4.78, 5) is 19.7. The van der Waals surface area contributed by atoms with E-state index in [0.29, 0.717) is 67.4 Å². The molecule has 0 saturated carbocycles. The van der Waals surface area contributed by atoms with E-state index < -0.39 is 17.0 Å². The Bertz CT molecular complexity index is 1260. The summed E-state index contributed by atoms with van der Waals surface area (Å²) >= 11 is 7.78. The zero-order chi connectivity index (χ0) is 26.4. The quantitative estimate of drug-likeness (QED) is 0.187. The molecule has 1 fully saturated rings. The lowest BCUT2D eigenvalue weighted by Gasteiger charge is -2.40. The SMILES string of the molecule is COc1ccc2ncc(Cl)c(CCCC3(C(=O)NO)CCN(CCSc4cccc(F)c4F)CC3)c2c1. The third-order valence-corrected chi connectivity index (χ3v) is 8.53. The number of ether oxygens (including phenoxy) is 1. The van der Waals surface area contributed by atoms with Gasteiger partial charge in [-0.25, -0.2) is 14.3 Å². The van der Waals surface area contributed by atoms with Crippen LogP contribution in [0.5, 0.6) is 5.75 Å². The fourth-order valence-corrected chi connectivity index (χ4v) is 6.19. The number of amides is 1. The number of halogens is 3. The molecule has 1 amide bonds. The van der Waals surface area contributed by atoms with Crippen molar-refractivity contribution < 1.29 is 23.5 Å². The third-order valence-electron chi connectivity index (χ3n) is 7.19. The van der Waals surface area contributed by atoms with E-state index >= 15 is 0 Å². The largest absolute Gasteiger partial charge is 0.497 e. The van der Waals surface area contributed by atoms with Gasteiger partial charge >= 0.3 is 0 Å². The number of benzene rings is 2.